The summed E-state index contributed by atoms with van der Waals surface area (Å²) < 4.78 is 0. The smallest absolute Gasteiger partial charge is 0.0467 e. The molecular formula is C24H34ClNO. The van der Waals surface area contributed by atoms with E-state index in [0.717, 1.165) is 24.3 Å². The van der Waals surface area contributed by atoms with Crippen molar-refractivity contribution in [2.45, 2.75) is 52.9 Å². The van der Waals surface area contributed by atoms with Gasteiger partial charge < -0.3 is 5.11 Å². The number of pyridine rings is 1. The highest BCUT2D eigenvalue weighted by Crippen LogP contribution is 2.39. The summed E-state index contributed by atoms with van der Waals surface area (Å²) in [6.45, 7) is 9.27. The number of benzene rings is 1. The van der Waals surface area contributed by atoms with Gasteiger partial charge in [-0.05, 0) is 71.8 Å². The predicted molar refractivity (Wildman–Crippen MR) is 115 cm³/mol. The first-order valence-corrected chi connectivity index (χ1v) is 10.5. The molecule has 3 unspecified atom stereocenters. The van der Waals surface area contributed by atoms with E-state index in [0.29, 0.717) is 23.7 Å². The van der Waals surface area contributed by atoms with Crippen LogP contribution in [0.15, 0.2) is 48.8 Å². The molecule has 0 aliphatic carbocycles. The van der Waals surface area contributed by atoms with Crippen LogP contribution in [0, 0.1) is 23.7 Å². The molecule has 0 radical (unpaired) electrons. The third kappa shape index (κ3) is 6.62. The molecule has 0 bridgehead atoms. The van der Waals surface area contributed by atoms with Gasteiger partial charge in [-0.25, -0.2) is 0 Å². The van der Waals surface area contributed by atoms with Gasteiger partial charge in [-0.15, -0.1) is 0 Å². The van der Waals surface area contributed by atoms with Crippen LogP contribution in [0.1, 0.15) is 57.6 Å². The van der Waals surface area contributed by atoms with E-state index >= 15 is 0 Å². The van der Waals surface area contributed by atoms with Crippen LogP contribution in [0.5, 0.6) is 0 Å². The summed E-state index contributed by atoms with van der Waals surface area (Å²) in [5.74, 6) is 2.07. The zero-order valence-electron chi connectivity index (χ0n) is 17.1. The van der Waals surface area contributed by atoms with E-state index in [9.17, 15) is 5.11 Å². The van der Waals surface area contributed by atoms with Crippen LogP contribution in [0.2, 0.25) is 5.02 Å². The van der Waals surface area contributed by atoms with Crippen molar-refractivity contribution in [1.29, 1.82) is 0 Å². The van der Waals surface area contributed by atoms with Gasteiger partial charge in [0.05, 0.1) is 0 Å². The van der Waals surface area contributed by atoms with Crippen molar-refractivity contribution in [2.75, 3.05) is 6.61 Å². The number of halogens is 1. The summed E-state index contributed by atoms with van der Waals surface area (Å²) in [6, 6.07) is 12.4. The quantitative estimate of drug-likeness (QED) is 0.513. The Bertz CT molecular complexity index is 654. The van der Waals surface area contributed by atoms with Gasteiger partial charge in [0.1, 0.15) is 0 Å². The van der Waals surface area contributed by atoms with Crippen molar-refractivity contribution in [3.05, 3.63) is 64.9 Å². The van der Waals surface area contributed by atoms with Gasteiger partial charge in [0.2, 0.25) is 0 Å². The topological polar surface area (TPSA) is 33.1 Å². The van der Waals surface area contributed by atoms with Crippen LogP contribution in [0.4, 0.5) is 0 Å². The minimum Gasteiger partial charge on any atom is -0.396 e. The Morgan fingerprint density at radius 1 is 0.963 bits per heavy atom. The molecule has 0 saturated heterocycles. The fraction of sp³-hybridized carbons (Fsp3) is 0.542. The molecule has 0 aliphatic rings. The van der Waals surface area contributed by atoms with E-state index in [4.69, 9.17) is 11.6 Å². The van der Waals surface area contributed by atoms with Crippen molar-refractivity contribution < 1.29 is 5.11 Å². The van der Waals surface area contributed by atoms with Gasteiger partial charge in [0.25, 0.3) is 0 Å². The predicted octanol–water partition coefficient (Wildman–Crippen LogP) is 6.38. The summed E-state index contributed by atoms with van der Waals surface area (Å²) >= 11 is 6.12. The molecular weight excluding hydrogens is 354 g/mol. The average Bonchev–Trinajstić information content (AvgIpc) is 2.65. The lowest BCUT2D eigenvalue weighted by Gasteiger charge is -2.36. The Morgan fingerprint density at radius 3 is 2.19 bits per heavy atom. The Kier molecular flexibility index (Phi) is 8.79. The molecule has 0 amide bonds. The third-order valence-electron chi connectivity index (χ3n) is 5.68. The zero-order chi connectivity index (χ0) is 19.8. The van der Waals surface area contributed by atoms with E-state index in [2.05, 4.69) is 50.9 Å². The van der Waals surface area contributed by atoms with E-state index in [1.165, 1.54) is 11.1 Å². The molecule has 1 heterocycles. The second kappa shape index (κ2) is 10.8. The highest BCUT2D eigenvalue weighted by molar-refractivity contribution is 6.30. The summed E-state index contributed by atoms with van der Waals surface area (Å²) in [4.78, 5) is 4.28. The second-order valence-electron chi connectivity index (χ2n) is 8.45. The molecule has 1 aromatic heterocycles. The van der Waals surface area contributed by atoms with Crippen molar-refractivity contribution in [3.63, 3.8) is 0 Å². The molecule has 2 nitrogen and oxygen atoms in total. The average molecular weight is 388 g/mol. The molecule has 3 atom stereocenters. The van der Waals surface area contributed by atoms with E-state index in [-0.39, 0.29) is 12.5 Å². The minimum atomic E-state index is 0.203. The lowest BCUT2D eigenvalue weighted by Crippen LogP contribution is -2.31. The number of nitrogens with zero attached hydrogens (tertiary/aromatic N) is 1. The largest absolute Gasteiger partial charge is 0.396 e. The summed E-state index contributed by atoms with van der Waals surface area (Å²) in [5.41, 5.74) is 2.53. The molecule has 0 spiro atoms. The van der Waals surface area contributed by atoms with Gasteiger partial charge in [0.15, 0.2) is 0 Å². The number of aliphatic hydroxyl groups excluding tert-OH is 1. The summed E-state index contributed by atoms with van der Waals surface area (Å²) in [7, 11) is 0. The highest BCUT2D eigenvalue weighted by Gasteiger charge is 2.32. The third-order valence-corrected chi connectivity index (χ3v) is 5.93. The monoisotopic (exact) mass is 387 g/mol. The van der Waals surface area contributed by atoms with E-state index in [1.807, 2.05) is 30.6 Å². The zero-order valence-corrected chi connectivity index (χ0v) is 17.9. The lowest BCUT2D eigenvalue weighted by atomic mass is 9.70. The summed E-state index contributed by atoms with van der Waals surface area (Å²) in [5, 5.41) is 11.2. The van der Waals surface area contributed by atoms with Crippen molar-refractivity contribution in [3.8, 4) is 0 Å². The summed E-state index contributed by atoms with van der Waals surface area (Å²) in [6.07, 6.45) is 6.95. The van der Waals surface area contributed by atoms with Gasteiger partial charge in [0, 0.05) is 24.0 Å². The van der Waals surface area contributed by atoms with Crippen molar-refractivity contribution in [1.82, 2.24) is 4.98 Å². The number of hydrogen-bond acceptors (Lipinski definition) is 2. The van der Waals surface area contributed by atoms with Gasteiger partial charge in [-0.3, -0.25) is 4.98 Å². The van der Waals surface area contributed by atoms with Crippen molar-refractivity contribution in [2.24, 2.45) is 23.7 Å². The number of rotatable bonds is 10. The van der Waals surface area contributed by atoms with Crippen LogP contribution in [-0.4, -0.2) is 16.7 Å². The van der Waals surface area contributed by atoms with Gasteiger partial charge >= 0.3 is 0 Å². The van der Waals surface area contributed by atoms with E-state index < -0.39 is 0 Å². The fourth-order valence-corrected chi connectivity index (χ4v) is 4.21. The van der Waals surface area contributed by atoms with E-state index in [1.54, 1.807) is 0 Å². The molecule has 2 aromatic rings. The molecule has 0 fully saturated rings. The maximum Gasteiger partial charge on any atom is 0.0467 e. The Hall–Kier alpha value is -1.38. The molecule has 27 heavy (non-hydrogen) atoms. The lowest BCUT2D eigenvalue weighted by molar-refractivity contribution is 0.116. The molecule has 1 aromatic carbocycles. The first kappa shape index (κ1) is 21.9. The fourth-order valence-electron chi connectivity index (χ4n) is 4.08. The molecule has 0 saturated carbocycles. The molecule has 2 rings (SSSR count). The van der Waals surface area contributed by atoms with Crippen LogP contribution < -0.4 is 0 Å². The van der Waals surface area contributed by atoms with Crippen LogP contribution >= 0.6 is 11.6 Å². The van der Waals surface area contributed by atoms with Crippen molar-refractivity contribution >= 4 is 11.6 Å². The maximum absolute atomic E-state index is 10.4. The molecule has 1 N–H and O–H groups in total. The first-order valence-electron chi connectivity index (χ1n) is 10.2. The van der Waals surface area contributed by atoms with Gasteiger partial charge in [-0.2, -0.15) is 0 Å². The molecule has 3 heteroatoms. The number of hydrogen-bond donors (Lipinski definition) is 1. The van der Waals surface area contributed by atoms with Crippen LogP contribution in [-0.2, 0) is 6.42 Å². The SMILES string of the molecule is CC(C)CCC(c1ccc(Cl)cc1)C(CO)C(Cc1cccnc1)C(C)C. The van der Waals surface area contributed by atoms with Gasteiger partial charge in [-0.1, -0.05) is 63.9 Å². The van der Waals surface area contributed by atoms with Crippen LogP contribution in [0.3, 0.4) is 0 Å². The standard InChI is InChI=1S/C24H34ClNO/c1-17(2)7-12-22(20-8-10-21(25)11-9-20)24(16-27)23(18(3)4)14-19-6-5-13-26-15-19/h5-6,8-11,13,15,17-18,22-24,27H,7,12,14,16H2,1-4H3. The maximum atomic E-state index is 10.4. The Balaban J connectivity index is 2.32. The molecule has 148 valence electrons. The Labute approximate surface area is 170 Å². The Morgan fingerprint density at radius 2 is 1.67 bits per heavy atom. The minimum absolute atomic E-state index is 0.203. The number of aromatic nitrogens is 1. The normalized spacial score (nSPS) is 15.1. The number of aliphatic hydroxyl groups is 1. The highest BCUT2D eigenvalue weighted by atomic mass is 35.5. The molecule has 0 aliphatic heterocycles. The van der Waals surface area contributed by atoms with Crippen LogP contribution in [0.25, 0.3) is 0 Å². The first-order chi connectivity index (χ1) is 12.9. The second-order valence-corrected chi connectivity index (χ2v) is 8.89.